The molecule has 0 bridgehead atoms. The monoisotopic (exact) mass is 410 g/mol. The summed E-state index contributed by atoms with van der Waals surface area (Å²) in [5, 5.41) is 4.79. The van der Waals surface area contributed by atoms with Crippen molar-refractivity contribution in [2.45, 2.75) is 6.54 Å². The van der Waals surface area contributed by atoms with Crippen molar-refractivity contribution in [3.8, 4) is 11.4 Å². The zero-order valence-electron chi connectivity index (χ0n) is 13.7. The van der Waals surface area contributed by atoms with Crippen LogP contribution in [0.3, 0.4) is 0 Å². The van der Waals surface area contributed by atoms with Gasteiger partial charge in [-0.05, 0) is 36.4 Å². The Morgan fingerprint density at radius 2 is 1.81 bits per heavy atom. The first kappa shape index (κ1) is 16.5. The van der Waals surface area contributed by atoms with Gasteiger partial charge in [-0.15, -0.1) is 0 Å². The molecule has 2 aromatic carbocycles. The third-order valence-corrected chi connectivity index (χ3v) is 4.50. The fourth-order valence-corrected chi connectivity index (χ4v) is 2.92. The Kier molecular flexibility index (Phi) is 4.53. The van der Waals surface area contributed by atoms with E-state index < -0.39 is 0 Å². The van der Waals surface area contributed by atoms with Crippen molar-refractivity contribution in [2.24, 2.45) is 0 Å². The molecule has 0 saturated heterocycles. The topological polar surface area (TPSA) is 61.9 Å². The Bertz CT molecular complexity index is 1090. The molecule has 7 heteroatoms. The highest BCUT2D eigenvalue weighted by Crippen LogP contribution is 2.16. The summed E-state index contributed by atoms with van der Waals surface area (Å²) in [6, 6.07) is 17.2. The molecule has 26 heavy (non-hydrogen) atoms. The molecule has 2 aromatic heterocycles. The molecule has 0 fully saturated rings. The van der Waals surface area contributed by atoms with Crippen LogP contribution in [0.25, 0.3) is 16.7 Å². The summed E-state index contributed by atoms with van der Waals surface area (Å²) in [6.45, 7) is 0.788. The van der Waals surface area contributed by atoms with Gasteiger partial charge in [0.15, 0.2) is 5.65 Å². The molecule has 0 aliphatic rings. The molecule has 0 atom stereocenters. The molecule has 4 aromatic rings. The van der Waals surface area contributed by atoms with Gasteiger partial charge in [0.2, 0.25) is 0 Å². The fraction of sp³-hybridized carbons (Fsp3) is 0.105. The number of ether oxygens (including phenoxy) is 1. The Hall–Kier alpha value is -2.93. The normalized spacial score (nSPS) is 11.0. The van der Waals surface area contributed by atoms with Crippen LogP contribution in [0.15, 0.2) is 76.4 Å². The van der Waals surface area contributed by atoms with Crippen LogP contribution >= 0.6 is 15.9 Å². The van der Waals surface area contributed by atoms with Crippen molar-refractivity contribution in [3.63, 3.8) is 0 Å². The van der Waals surface area contributed by atoms with Gasteiger partial charge in [-0.25, -0.2) is 9.67 Å². The number of nitrogens with zero attached hydrogens (tertiary/aromatic N) is 4. The third kappa shape index (κ3) is 3.25. The van der Waals surface area contributed by atoms with E-state index in [0.29, 0.717) is 24.2 Å². The fourth-order valence-electron chi connectivity index (χ4n) is 2.66. The van der Waals surface area contributed by atoms with Crippen molar-refractivity contribution in [1.29, 1.82) is 0 Å². The van der Waals surface area contributed by atoms with Crippen LogP contribution in [0, 0.1) is 0 Å². The first-order valence-electron chi connectivity index (χ1n) is 8.09. The van der Waals surface area contributed by atoms with Gasteiger partial charge in [0.25, 0.3) is 5.56 Å². The lowest BCUT2D eigenvalue weighted by Gasteiger charge is -2.08. The van der Waals surface area contributed by atoms with Gasteiger partial charge in [-0.1, -0.05) is 34.1 Å². The number of hydrogen-bond donors (Lipinski definition) is 0. The van der Waals surface area contributed by atoms with Gasteiger partial charge in [-0.2, -0.15) is 5.10 Å². The summed E-state index contributed by atoms with van der Waals surface area (Å²) in [7, 11) is 0. The van der Waals surface area contributed by atoms with Crippen molar-refractivity contribution in [3.05, 3.63) is 81.9 Å². The van der Waals surface area contributed by atoms with Crippen LogP contribution in [0.4, 0.5) is 0 Å². The Labute approximate surface area is 157 Å². The quantitative estimate of drug-likeness (QED) is 0.505. The van der Waals surface area contributed by atoms with Gasteiger partial charge in [0.05, 0.1) is 18.4 Å². The first-order chi connectivity index (χ1) is 12.7. The molecule has 6 nitrogen and oxygen atoms in total. The lowest BCUT2D eigenvalue weighted by molar-refractivity contribution is 0.296. The van der Waals surface area contributed by atoms with E-state index in [1.807, 2.05) is 54.6 Å². The maximum atomic E-state index is 12.7. The molecule has 4 rings (SSSR count). The molecule has 0 aliphatic heterocycles. The molecular weight excluding hydrogens is 396 g/mol. The van der Waals surface area contributed by atoms with Crippen LogP contribution < -0.4 is 10.3 Å². The highest BCUT2D eigenvalue weighted by atomic mass is 79.9. The van der Waals surface area contributed by atoms with Crippen molar-refractivity contribution < 1.29 is 4.74 Å². The Morgan fingerprint density at radius 1 is 1.04 bits per heavy atom. The zero-order valence-corrected chi connectivity index (χ0v) is 15.3. The van der Waals surface area contributed by atoms with Gasteiger partial charge < -0.3 is 4.74 Å². The predicted octanol–water partition coefficient (Wildman–Crippen LogP) is 3.42. The summed E-state index contributed by atoms with van der Waals surface area (Å²) in [4.78, 5) is 17.1. The van der Waals surface area contributed by atoms with Gasteiger partial charge in [-0.3, -0.25) is 9.36 Å². The predicted molar refractivity (Wildman–Crippen MR) is 103 cm³/mol. The van der Waals surface area contributed by atoms with Gasteiger partial charge in [0.1, 0.15) is 24.1 Å². The molecule has 0 N–H and O–H groups in total. The van der Waals surface area contributed by atoms with Crippen LogP contribution in [0.2, 0.25) is 0 Å². The molecule has 0 saturated carbocycles. The second-order valence-electron chi connectivity index (χ2n) is 5.67. The largest absolute Gasteiger partial charge is 0.492 e. The lowest BCUT2D eigenvalue weighted by Crippen LogP contribution is -2.23. The van der Waals surface area contributed by atoms with Crippen molar-refractivity contribution in [2.75, 3.05) is 6.61 Å². The average Bonchev–Trinajstić information content (AvgIpc) is 3.11. The Morgan fingerprint density at radius 3 is 2.58 bits per heavy atom. The molecule has 0 radical (unpaired) electrons. The minimum Gasteiger partial charge on any atom is -0.492 e. The summed E-state index contributed by atoms with van der Waals surface area (Å²) >= 11 is 3.38. The van der Waals surface area contributed by atoms with E-state index in [1.165, 1.54) is 10.9 Å². The Balaban J connectivity index is 1.55. The highest BCUT2D eigenvalue weighted by molar-refractivity contribution is 9.10. The SMILES string of the molecule is O=c1c2cnn(-c3ccccc3)c2ncn1CCOc1ccc(Br)cc1. The summed E-state index contributed by atoms with van der Waals surface area (Å²) in [5.74, 6) is 0.757. The maximum Gasteiger partial charge on any atom is 0.264 e. The van der Waals surface area contributed by atoms with Crippen LogP contribution in [0.1, 0.15) is 0 Å². The van der Waals surface area contributed by atoms with Crippen LogP contribution in [-0.2, 0) is 6.54 Å². The summed E-state index contributed by atoms with van der Waals surface area (Å²) in [6.07, 6.45) is 3.10. The van der Waals surface area contributed by atoms with Crippen LogP contribution in [-0.4, -0.2) is 25.9 Å². The van der Waals surface area contributed by atoms with Gasteiger partial charge >= 0.3 is 0 Å². The molecule has 0 amide bonds. The van der Waals surface area contributed by atoms with Crippen molar-refractivity contribution >= 4 is 27.0 Å². The first-order valence-corrected chi connectivity index (χ1v) is 8.88. The summed E-state index contributed by atoms with van der Waals surface area (Å²) < 4.78 is 9.88. The molecule has 0 unspecified atom stereocenters. The van der Waals surface area contributed by atoms with E-state index in [4.69, 9.17) is 4.74 Å². The second kappa shape index (κ2) is 7.13. The number of benzene rings is 2. The van der Waals surface area contributed by atoms with E-state index in [9.17, 15) is 4.79 Å². The average molecular weight is 411 g/mol. The minimum atomic E-state index is -0.128. The minimum absolute atomic E-state index is 0.128. The number of hydrogen-bond acceptors (Lipinski definition) is 4. The molecule has 0 aliphatic carbocycles. The van der Waals surface area contributed by atoms with E-state index in [0.717, 1.165) is 15.9 Å². The zero-order chi connectivity index (χ0) is 17.9. The van der Waals surface area contributed by atoms with Gasteiger partial charge in [0, 0.05) is 4.47 Å². The second-order valence-corrected chi connectivity index (χ2v) is 6.59. The molecular formula is C19H15BrN4O2. The molecule has 130 valence electrons. The molecule has 0 spiro atoms. The molecule has 2 heterocycles. The number of halogens is 1. The van der Waals surface area contributed by atoms with Crippen LogP contribution in [0.5, 0.6) is 5.75 Å². The third-order valence-electron chi connectivity index (χ3n) is 3.97. The van der Waals surface area contributed by atoms with E-state index >= 15 is 0 Å². The number of aromatic nitrogens is 4. The maximum absolute atomic E-state index is 12.7. The number of rotatable bonds is 5. The van der Waals surface area contributed by atoms with Crippen molar-refractivity contribution in [1.82, 2.24) is 19.3 Å². The smallest absolute Gasteiger partial charge is 0.264 e. The van der Waals surface area contributed by atoms with E-state index in [1.54, 1.807) is 10.9 Å². The standard InChI is InChI=1S/C19H15BrN4O2/c20-14-6-8-16(9-7-14)26-11-10-23-13-21-18-17(19(23)25)12-22-24(18)15-4-2-1-3-5-15/h1-9,12-13H,10-11H2. The highest BCUT2D eigenvalue weighted by Gasteiger charge is 2.11. The number of para-hydroxylation sites is 1. The lowest BCUT2D eigenvalue weighted by atomic mass is 10.3. The van der Waals surface area contributed by atoms with E-state index in [-0.39, 0.29) is 5.56 Å². The summed E-state index contributed by atoms with van der Waals surface area (Å²) in [5.41, 5.74) is 1.29. The van der Waals surface area contributed by atoms with E-state index in [2.05, 4.69) is 26.0 Å². The number of fused-ring (bicyclic) bond motifs is 1.